The fraction of sp³-hybridized carbons (Fsp3) is 0.125. The first-order chi connectivity index (χ1) is 6.25. The summed E-state index contributed by atoms with van der Waals surface area (Å²) in [4.78, 5) is 0. The van der Waals surface area contributed by atoms with E-state index in [9.17, 15) is 0 Å². The normalized spacial score (nSPS) is 10.3. The van der Waals surface area contributed by atoms with Crippen LogP contribution in [0.3, 0.4) is 0 Å². The molecule has 66 valence electrons. The highest BCUT2D eigenvalue weighted by Crippen LogP contribution is 2.10. The lowest BCUT2D eigenvalue weighted by atomic mass is 10.3. The van der Waals surface area contributed by atoms with Gasteiger partial charge in [0.1, 0.15) is 0 Å². The second-order valence-electron chi connectivity index (χ2n) is 2.69. The maximum absolute atomic E-state index is 4.09. The maximum atomic E-state index is 4.09. The Morgan fingerprint density at radius 1 is 1.38 bits per heavy atom. The Morgan fingerprint density at radius 3 is 2.85 bits per heavy atom. The Balaban J connectivity index is 2.46. The molecule has 2 aromatic heterocycles. The first kappa shape index (κ1) is 8.37. The summed E-state index contributed by atoms with van der Waals surface area (Å²) in [5, 5.41) is 11.9. The molecule has 0 aliphatic heterocycles. The van der Waals surface area contributed by atoms with Crippen LogP contribution in [0.25, 0.3) is 5.82 Å². The molecule has 0 N–H and O–H groups in total. The number of hydrogen-bond donors (Lipinski definition) is 0. The second kappa shape index (κ2) is 3.26. The Kier molecular flexibility index (Phi) is 2.10. The molecule has 0 aliphatic rings. The molecule has 0 aromatic carbocycles. The van der Waals surface area contributed by atoms with Crippen molar-refractivity contribution in [1.82, 2.24) is 20.0 Å². The summed E-state index contributed by atoms with van der Waals surface area (Å²) in [6.07, 6.45) is 5.26. The summed E-state index contributed by atoms with van der Waals surface area (Å²) < 4.78 is 2.60. The van der Waals surface area contributed by atoms with E-state index in [0.29, 0.717) is 0 Å². The summed E-state index contributed by atoms with van der Waals surface area (Å²) in [7, 11) is 0. The fourth-order valence-corrected chi connectivity index (χ4v) is 1.27. The highest BCUT2D eigenvalue weighted by molar-refractivity contribution is 9.10. The molecule has 0 spiro atoms. The molecule has 0 radical (unpaired) electrons. The topological polar surface area (TPSA) is 43.6 Å². The smallest absolute Gasteiger partial charge is 0.175 e. The van der Waals surface area contributed by atoms with Gasteiger partial charge in [-0.25, -0.2) is 4.68 Å². The van der Waals surface area contributed by atoms with E-state index in [-0.39, 0.29) is 0 Å². The molecule has 0 saturated heterocycles. The van der Waals surface area contributed by atoms with Crippen LogP contribution in [0.4, 0.5) is 0 Å². The first-order valence-corrected chi connectivity index (χ1v) is 4.55. The van der Waals surface area contributed by atoms with Crippen molar-refractivity contribution in [3.63, 3.8) is 0 Å². The van der Waals surface area contributed by atoms with Gasteiger partial charge in [0.25, 0.3) is 0 Å². The third kappa shape index (κ3) is 1.75. The largest absolute Gasteiger partial charge is 0.220 e. The van der Waals surface area contributed by atoms with Crippen LogP contribution in [-0.2, 0) is 0 Å². The molecule has 0 unspecified atom stereocenters. The van der Waals surface area contributed by atoms with Crippen LogP contribution < -0.4 is 0 Å². The average Bonchev–Trinajstić information content (AvgIpc) is 2.52. The Bertz CT molecular complexity index is 424. The van der Waals surface area contributed by atoms with Crippen LogP contribution in [0.15, 0.2) is 29.1 Å². The van der Waals surface area contributed by atoms with Crippen LogP contribution in [0.1, 0.15) is 5.56 Å². The van der Waals surface area contributed by atoms with Gasteiger partial charge in [-0.15, -0.1) is 5.10 Å². The molecule has 2 heterocycles. The molecular weight excluding hydrogens is 232 g/mol. The van der Waals surface area contributed by atoms with Crippen molar-refractivity contribution in [3.8, 4) is 5.82 Å². The standard InChI is InChI=1S/C8H7BrN4/c1-6-2-8(12-10-3-6)13-5-7(9)4-11-13/h2-5H,1H3. The summed E-state index contributed by atoms with van der Waals surface area (Å²) in [6.45, 7) is 1.97. The number of rotatable bonds is 1. The van der Waals surface area contributed by atoms with Crippen molar-refractivity contribution in [3.05, 3.63) is 34.7 Å². The molecule has 13 heavy (non-hydrogen) atoms. The molecule has 0 saturated carbocycles. The van der Waals surface area contributed by atoms with Crippen molar-refractivity contribution < 1.29 is 0 Å². The first-order valence-electron chi connectivity index (χ1n) is 3.75. The predicted molar refractivity (Wildman–Crippen MR) is 51.6 cm³/mol. The molecule has 0 aliphatic carbocycles. The summed E-state index contributed by atoms with van der Waals surface area (Å²) >= 11 is 3.32. The quantitative estimate of drug-likeness (QED) is 0.761. The van der Waals surface area contributed by atoms with Crippen molar-refractivity contribution >= 4 is 15.9 Å². The minimum atomic E-state index is 0.728. The highest BCUT2D eigenvalue weighted by Gasteiger charge is 2.00. The summed E-state index contributed by atoms with van der Waals surface area (Å²) in [5.41, 5.74) is 1.07. The highest BCUT2D eigenvalue weighted by atomic mass is 79.9. The van der Waals surface area contributed by atoms with E-state index in [1.807, 2.05) is 19.2 Å². The number of aryl methyl sites for hydroxylation is 1. The zero-order chi connectivity index (χ0) is 9.26. The monoisotopic (exact) mass is 238 g/mol. The van der Waals surface area contributed by atoms with Gasteiger partial charge < -0.3 is 0 Å². The predicted octanol–water partition coefficient (Wildman–Crippen LogP) is 1.73. The van der Waals surface area contributed by atoms with Crippen LogP contribution in [0.2, 0.25) is 0 Å². The SMILES string of the molecule is Cc1cnnc(-n2cc(Br)cn2)c1. The van der Waals surface area contributed by atoms with Crippen LogP contribution in [0.5, 0.6) is 0 Å². The Labute approximate surface area is 83.7 Å². The molecule has 0 bridgehead atoms. The van der Waals surface area contributed by atoms with E-state index >= 15 is 0 Å². The molecule has 5 heteroatoms. The van der Waals surface area contributed by atoms with Gasteiger partial charge in [-0.3, -0.25) is 0 Å². The van der Waals surface area contributed by atoms with Gasteiger partial charge >= 0.3 is 0 Å². The summed E-state index contributed by atoms with van der Waals surface area (Å²) in [6, 6.07) is 1.92. The zero-order valence-corrected chi connectivity index (χ0v) is 8.56. The number of nitrogens with zero attached hydrogens (tertiary/aromatic N) is 4. The fourth-order valence-electron chi connectivity index (χ4n) is 0.987. The lowest BCUT2D eigenvalue weighted by molar-refractivity contribution is 0.810. The van der Waals surface area contributed by atoms with E-state index in [4.69, 9.17) is 0 Å². The van der Waals surface area contributed by atoms with Gasteiger partial charge in [0.2, 0.25) is 0 Å². The van der Waals surface area contributed by atoms with Gasteiger partial charge in [-0.05, 0) is 34.5 Å². The minimum Gasteiger partial charge on any atom is -0.220 e. The molecule has 0 fully saturated rings. The lowest BCUT2D eigenvalue weighted by Gasteiger charge is -1.98. The Hall–Kier alpha value is -1.23. The molecule has 2 rings (SSSR count). The van der Waals surface area contributed by atoms with E-state index in [1.54, 1.807) is 17.1 Å². The van der Waals surface area contributed by atoms with Crippen molar-refractivity contribution in [2.24, 2.45) is 0 Å². The molecule has 2 aromatic rings. The van der Waals surface area contributed by atoms with Gasteiger partial charge in [-0.2, -0.15) is 10.2 Å². The Morgan fingerprint density at radius 2 is 2.23 bits per heavy atom. The maximum Gasteiger partial charge on any atom is 0.175 e. The summed E-state index contributed by atoms with van der Waals surface area (Å²) in [5.74, 6) is 0.728. The molecule has 4 nitrogen and oxygen atoms in total. The zero-order valence-electron chi connectivity index (χ0n) is 6.98. The molecular formula is C8H7BrN4. The third-order valence-electron chi connectivity index (χ3n) is 1.56. The van der Waals surface area contributed by atoms with Gasteiger partial charge in [0.05, 0.1) is 16.9 Å². The van der Waals surface area contributed by atoms with Crippen LogP contribution in [0, 0.1) is 6.92 Å². The number of halogens is 1. The third-order valence-corrected chi connectivity index (χ3v) is 1.97. The number of aromatic nitrogens is 4. The van der Waals surface area contributed by atoms with E-state index in [2.05, 4.69) is 31.2 Å². The van der Waals surface area contributed by atoms with Crippen LogP contribution >= 0.6 is 15.9 Å². The van der Waals surface area contributed by atoms with E-state index < -0.39 is 0 Å². The number of hydrogen-bond acceptors (Lipinski definition) is 3. The lowest BCUT2D eigenvalue weighted by Crippen LogP contribution is -1.99. The van der Waals surface area contributed by atoms with Crippen molar-refractivity contribution in [2.45, 2.75) is 6.92 Å². The van der Waals surface area contributed by atoms with Crippen LogP contribution in [-0.4, -0.2) is 20.0 Å². The van der Waals surface area contributed by atoms with Gasteiger partial charge in [0, 0.05) is 6.20 Å². The average molecular weight is 239 g/mol. The van der Waals surface area contributed by atoms with Crippen molar-refractivity contribution in [1.29, 1.82) is 0 Å². The molecule has 0 atom stereocenters. The molecule has 0 amide bonds. The second-order valence-corrected chi connectivity index (χ2v) is 3.61. The van der Waals surface area contributed by atoms with Crippen molar-refractivity contribution in [2.75, 3.05) is 0 Å². The van der Waals surface area contributed by atoms with Gasteiger partial charge in [0.15, 0.2) is 5.82 Å². The van der Waals surface area contributed by atoms with Gasteiger partial charge in [-0.1, -0.05) is 0 Å². The minimum absolute atomic E-state index is 0.728. The van der Waals surface area contributed by atoms with E-state index in [0.717, 1.165) is 15.9 Å². The van der Waals surface area contributed by atoms with E-state index in [1.165, 1.54) is 0 Å².